The van der Waals surface area contributed by atoms with Crippen LogP contribution in [0.3, 0.4) is 0 Å². The van der Waals surface area contributed by atoms with Gasteiger partial charge in [0.1, 0.15) is 5.60 Å². The zero-order valence-corrected chi connectivity index (χ0v) is 13.5. The molecule has 1 unspecified atom stereocenters. The van der Waals surface area contributed by atoms with Gasteiger partial charge in [-0.25, -0.2) is 4.79 Å². The molecule has 0 bridgehead atoms. The van der Waals surface area contributed by atoms with Gasteiger partial charge in [-0.2, -0.15) is 0 Å². The molecule has 2 N–H and O–H groups in total. The van der Waals surface area contributed by atoms with Gasteiger partial charge in [-0.1, -0.05) is 13.8 Å². The average Bonchev–Trinajstić information content (AvgIpc) is 2.24. The Labute approximate surface area is 126 Å². The highest BCUT2D eigenvalue weighted by Crippen LogP contribution is 2.34. The molecule has 6 heteroatoms. The monoisotopic (exact) mass is 301 g/mol. The van der Waals surface area contributed by atoms with Crippen LogP contribution < -0.4 is 0 Å². The fourth-order valence-electron chi connectivity index (χ4n) is 2.59. The van der Waals surface area contributed by atoms with E-state index in [1.54, 1.807) is 20.8 Å². The van der Waals surface area contributed by atoms with Gasteiger partial charge < -0.3 is 19.8 Å². The van der Waals surface area contributed by atoms with Crippen LogP contribution in [-0.2, 0) is 9.53 Å². The topological polar surface area (TPSA) is 87.1 Å². The van der Waals surface area contributed by atoms with Crippen molar-refractivity contribution < 1.29 is 24.5 Å². The molecule has 1 heterocycles. The molecule has 122 valence electrons. The lowest BCUT2D eigenvalue weighted by molar-refractivity contribution is -0.140. The van der Waals surface area contributed by atoms with E-state index in [-0.39, 0.29) is 11.8 Å². The van der Waals surface area contributed by atoms with E-state index in [1.807, 2.05) is 13.8 Å². The second kappa shape index (κ2) is 6.22. The van der Waals surface area contributed by atoms with E-state index in [0.29, 0.717) is 13.0 Å². The van der Waals surface area contributed by atoms with Crippen LogP contribution in [0, 0.1) is 5.41 Å². The summed E-state index contributed by atoms with van der Waals surface area (Å²) in [5.41, 5.74) is -0.697. The number of aliphatic hydroxyl groups is 1. The minimum absolute atomic E-state index is 0.0731. The Morgan fingerprint density at radius 1 is 1.38 bits per heavy atom. The minimum Gasteiger partial charge on any atom is -0.481 e. The molecule has 1 rings (SSSR count). The summed E-state index contributed by atoms with van der Waals surface area (Å²) in [6.07, 6.45) is -0.547. The van der Waals surface area contributed by atoms with Crippen molar-refractivity contribution in [3.05, 3.63) is 0 Å². The van der Waals surface area contributed by atoms with E-state index < -0.39 is 29.8 Å². The molecule has 0 aromatic carbocycles. The minimum atomic E-state index is -1.08. The standard InChI is InChI=1S/C15H27NO5/c1-14(2,3)21-13(20)16-9-15(4,5)7-6-10(16)11(17)8-12(18)19/h10-11,17H,6-9H2,1-5H3,(H,18,19)/t10?,11-/m0/s1. The van der Waals surface area contributed by atoms with Gasteiger partial charge in [-0.3, -0.25) is 4.79 Å². The van der Waals surface area contributed by atoms with Gasteiger partial charge >= 0.3 is 12.1 Å². The number of hydrogen-bond acceptors (Lipinski definition) is 4. The Kier molecular flexibility index (Phi) is 5.25. The average molecular weight is 301 g/mol. The number of carboxylic acid groups (broad SMARTS) is 1. The third kappa shape index (κ3) is 5.53. The van der Waals surface area contributed by atoms with E-state index in [0.717, 1.165) is 6.42 Å². The first-order valence-corrected chi connectivity index (χ1v) is 7.31. The highest BCUT2D eigenvalue weighted by atomic mass is 16.6. The maximum absolute atomic E-state index is 12.3. The highest BCUT2D eigenvalue weighted by molar-refractivity contribution is 5.70. The third-order valence-electron chi connectivity index (χ3n) is 3.57. The maximum atomic E-state index is 12.3. The zero-order chi connectivity index (χ0) is 16.4. The number of amides is 1. The van der Waals surface area contributed by atoms with Crippen LogP contribution >= 0.6 is 0 Å². The van der Waals surface area contributed by atoms with Gasteiger partial charge in [0.15, 0.2) is 0 Å². The first-order chi connectivity index (χ1) is 9.41. The molecule has 2 atom stereocenters. The summed E-state index contributed by atoms with van der Waals surface area (Å²) in [5, 5.41) is 18.9. The second-order valence-electron chi connectivity index (χ2n) is 7.54. The van der Waals surface area contributed by atoms with Crippen molar-refractivity contribution in [2.24, 2.45) is 5.41 Å². The van der Waals surface area contributed by atoms with E-state index in [2.05, 4.69) is 0 Å². The SMILES string of the molecule is CC1(C)CCC([C@@H](O)CC(=O)O)N(C(=O)OC(C)(C)C)C1. The first-order valence-electron chi connectivity index (χ1n) is 7.31. The summed E-state index contributed by atoms with van der Waals surface area (Å²) in [6.45, 7) is 9.88. The fraction of sp³-hybridized carbons (Fsp3) is 0.867. The number of rotatable bonds is 3. The number of hydrogen-bond donors (Lipinski definition) is 2. The first kappa shape index (κ1) is 17.8. The number of nitrogens with zero attached hydrogens (tertiary/aromatic N) is 1. The Hall–Kier alpha value is -1.30. The summed E-state index contributed by atoms with van der Waals surface area (Å²) in [6, 6.07) is -0.510. The molecule has 21 heavy (non-hydrogen) atoms. The van der Waals surface area contributed by atoms with Crippen LogP contribution in [-0.4, -0.2) is 51.5 Å². The predicted molar refractivity (Wildman–Crippen MR) is 78.0 cm³/mol. The van der Waals surface area contributed by atoms with E-state index in [4.69, 9.17) is 9.84 Å². The zero-order valence-electron chi connectivity index (χ0n) is 13.5. The molecule has 1 aliphatic rings. The number of ether oxygens (including phenoxy) is 1. The Morgan fingerprint density at radius 3 is 2.43 bits per heavy atom. The molecule has 1 amide bonds. The van der Waals surface area contributed by atoms with Gasteiger partial charge in [0.2, 0.25) is 0 Å². The van der Waals surface area contributed by atoms with Crippen LogP contribution in [0.5, 0.6) is 0 Å². The molecule has 0 saturated carbocycles. The Balaban J connectivity index is 2.89. The van der Waals surface area contributed by atoms with Gasteiger partial charge in [-0.15, -0.1) is 0 Å². The Bertz CT molecular complexity index is 399. The van der Waals surface area contributed by atoms with Gasteiger partial charge in [0.05, 0.1) is 18.6 Å². The summed E-state index contributed by atoms with van der Waals surface area (Å²) >= 11 is 0. The molecule has 1 saturated heterocycles. The lowest BCUT2D eigenvalue weighted by Gasteiger charge is -2.45. The van der Waals surface area contributed by atoms with Crippen LogP contribution in [0.1, 0.15) is 53.9 Å². The van der Waals surface area contributed by atoms with Crippen LogP contribution in [0.4, 0.5) is 4.79 Å². The second-order valence-corrected chi connectivity index (χ2v) is 7.54. The largest absolute Gasteiger partial charge is 0.481 e. The van der Waals surface area contributed by atoms with Crippen molar-refractivity contribution >= 4 is 12.1 Å². The molecule has 0 aromatic rings. The van der Waals surface area contributed by atoms with Crippen molar-refractivity contribution in [2.45, 2.75) is 71.6 Å². The van der Waals surface area contributed by atoms with Crippen molar-refractivity contribution in [3.63, 3.8) is 0 Å². The molecule has 1 fully saturated rings. The lowest BCUT2D eigenvalue weighted by Crippen LogP contribution is -2.55. The van der Waals surface area contributed by atoms with E-state index in [9.17, 15) is 14.7 Å². The molecule has 1 aliphatic heterocycles. The van der Waals surface area contributed by atoms with Crippen LogP contribution in [0.15, 0.2) is 0 Å². The lowest BCUT2D eigenvalue weighted by atomic mass is 9.80. The molecule has 0 aromatic heterocycles. The molecule has 0 aliphatic carbocycles. The third-order valence-corrected chi connectivity index (χ3v) is 3.57. The van der Waals surface area contributed by atoms with Gasteiger partial charge in [0.25, 0.3) is 0 Å². The van der Waals surface area contributed by atoms with Gasteiger partial charge in [-0.05, 0) is 39.0 Å². The highest BCUT2D eigenvalue weighted by Gasteiger charge is 2.41. The van der Waals surface area contributed by atoms with E-state index >= 15 is 0 Å². The van der Waals surface area contributed by atoms with Crippen molar-refractivity contribution in [3.8, 4) is 0 Å². The van der Waals surface area contributed by atoms with Gasteiger partial charge in [0, 0.05) is 6.54 Å². The smallest absolute Gasteiger partial charge is 0.410 e. The quantitative estimate of drug-likeness (QED) is 0.835. The number of aliphatic hydroxyl groups excluding tert-OH is 1. The summed E-state index contributed by atoms with van der Waals surface area (Å²) in [5.74, 6) is -1.07. The molecular weight excluding hydrogens is 274 g/mol. The van der Waals surface area contributed by atoms with Crippen molar-refractivity contribution in [1.29, 1.82) is 0 Å². The molecule has 0 spiro atoms. The molecule has 0 radical (unpaired) electrons. The number of aliphatic carboxylic acids is 1. The van der Waals surface area contributed by atoms with Crippen LogP contribution in [0.2, 0.25) is 0 Å². The number of piperidine rings is 1. The summed E-state index contributed by atoms with van der Waals surface area (Å²) in [7, 11) is 0. The molecule has 6 nitrogen and oxygen atoms in total. The van der Waals surface area contributed by atoms with Crippen LogP contribution in [0.25, 0.3) is 0 Å². The number of carbonyl (C=O) groups is 2. The van der Waals surface area contributed by atoms with Crippen molar-refractivity contribution in [1.82, 2.24) is 4.90 Å². The number of carboxylic acids is 1. The Morgan fingerprint density at radius 2 is 1.95 bits per heavy atom. The maximum Gasteiger partial charge on any atom is 0.410 e. The van der Waals surface area contributed by atoms with E-state index in [1.165, 1.54) is 4.90 Å². The number of likely N-dealkylation sites (tertiary alicyclic amines) is 1. The summed E-state index contributed by atoms with van der Waals surface area (Å²) in [4.78, 5) is 24.6. The van der Waals surface area contributed by atoms with Crippen molar-refractivity contribution in [2.75, 3.05) is 6.54 Å². The summed E-state index contributed by atoms with van der Waals surface area (Å²) < 4.78 is 5.38. The predicted octanol–water partition coefficient (Wildman–Crippen LogP) is 2.25. The number of carbonyl (C=O) groups excluding carboxylic acids is 1. The normalized spacial score (nSPS) is 23.5. The fourth-order valence-corrected chi connectivity index (χ4v) is 2.59. The molecular formula is C15H27NO5.